The summed E-state index contributed by atoms with van der Waals surface area (Å²) in [6.45, 7) is 0.508. The topological polar surface area (TPSA) is 62.7 Å². The number of methoxy groups -OCH3 is 1. The lowest BCUT2D eigenvalue weighted by Gasteiger charge is -2.23. The van der Waals surface area contributed by atoms with Crippen molar-refractivity contribution in [2.75, 3.05) is 20.3 Å². The highest BCUT2D eigenvalue weighted by Crippen LogP contribution is 2.34. The van der Waals surface area contributed by atoms with Gasteiger partial charge in [0.1, 0.15) is 5.75 Å². The fraction of sp³-hybridized carbons (Fsp3) is 0.304. The average molecular weight is 430 g/mol. The number of halogens is 3. The molecule has 0 spiro atoms. The second-order valence-electron chi connectivity index (χ2n) is 7.49. The average Bonchev–Trinajstić information content (AvgIpc) is 3.25. The zero-order valence-electron chi connectivity index (χ0n) is 16.8. The number of fused-ring (bicyclic) bond motifs is 1. The molecule has 0 unspecified atom stereocenters. The molecule has 0 aliphatic carbocycles. The number of pyridine rings is 1. The predicted molar refractivity (Wildman–Crippen MR) is 110 cm³/mol. The first kappa shape index (κ1) is 21.1. The largest absolute Gasteiger partial charge is 0.496 e. The predicted octanol–water partition coefficient (Wildman–Crippen LogP) is 4.53. The second kappa shape index (κ2) is 8.19. The highest BCUT2D eigenvalue weighted by molar-refractivity contribution is 5.99. The van der Waals surface area contributed by atoms with Gasteiger partial charge in [-0.15, -0.1) is 0 Å². The van der Waals surface area contributed by atoms with Crippen molar-refractivity contribution in [3.63, 3.8) is 0 Å². The van der Waals surface area contributed by atoms with Gasteiger partial charge in [-0.3, -0.25) is 4.79 Å². The number of aliphatic hydroxyl groups excluding tert-OH is 1. The molecule has 0 saturated carbocycles. The van der Waals surface area contributed by atoms with Crippen LogP contribution in [-0.2, 0) is 6.18 Å². The van der Waals surface area contributed by atoms with Crippen molar-refractivity contribution < 1.29 is 27.8 Å². The van der Waals surface area contributed by atoms with Crippen molar-refractivity contribution in [1.82, 2.24) is 9.88 Å². The van der Waals surface area contributed by atoms with E-state index in [1.165, 1.54) is 19.2 Å². The van der Waals surface area contributed by atoms with Gasteiger partial charge in [-0.05, 0) is 43.2 Å². The number of rotatable bonds is 4. The van der Waals surface area contributed by atoms with Gasteiger partial charge in [0.2, 0.25) is 0 Å². The van der Waals surface area contributed by atoms with Crippen LogP contribution in [0, 0.1) is 0 Å². The SMILES string of the molecule is COc1cc(-c2ccc(C(F)(F)F)cc2)nc2cc(C(=O)N3CCC[C@@H]3CO)ccc12. The van der Waals surface area contributed by atoms with Crippen LogP contribution >= 0.6 is 0 Å². The maximum Gasteiger partial charge on any atom is 0.416 e. The van der Waals surface area contributed by atoms with Gasteiger partial charge in [0.05, 0.1) is 36.5 Å². The minimum atomic E-state index is -4.41. The zero-order chi connectivity index (χ0) is 22.2. The number of hydrogen-bond acceptors (Lipinski definition) is 4. The zero-order valence-corrected chi connectivity index (χ0v) is 16.8. The molecular formula is C23H21F3N2O3. The summed E-state index contributed by atoms with van der Waals surface area (Å²) in [7, 11) is 1.50. The van der Waals surface area contributed by atoms with E-state index in [0.717, 1.165) is 25.0 Å². The lowest BCUT2D eigenvalue weighted by molar-refractivity contribution is -0.137. The number of aromatic nitrogens is 1. The van der Waals surface area contributed by atoms with Gasteiger partial charge in [0.25, 0.3) is 5.91 Å². The third-order valence-electron chi connectivity index (χ3n) is 5.60. The molecule has 0 radical (unpaired) electrons. The van der Waals surface area contributed by atoms with Gasteiger partial charge in [0, 0.05) is 29.1 Å². The summed E-state index contributed by atoms with van der Waals surface area (Å²) >= 11 is 0. The van der Waals surface area contributed by atoms with Crippen LogP contribution in [-0.4, -0.2) is 47.2 Å². The fourth-order valence-corrected chi connectivity index (χ4v) is 3.93. The van der Waals surface area contributed by atoms with E-state index < -0.39 is 11.7 Å². The number of amides is 1. The molecule has 1 atom stereocenters. The van der Waals surface area contributed by atoms with Gasteiger partial charge < -0.3 is 14.7 Å². The van der Waals surface area contributed by atoms with Gasteiger partial charge in [0.15, 0.2) is 0 Å². The van der Waals surface area contributed by atoms with Crippen molar-refractivity contribution in [2.24, 2.45) is 0 Å². The maximum atomic E-state index is 13.0. The van der Waals surface area contributed by atoms with E-state index in [9.17, 15) is 23.1 Å². The molecule has 31 heavy (non-hydrogen) atoms. The first-order valence-corrected chi connectivity index (χ1v) is 9.90. The third kappa shape index (κ3) is 4.07. The number of hydrogen-bond donors (Lipinski definition) is 1. The van der Waals surface area contributed by atoms with Gasteiger partial charge in [-0.1, -0.05) is 12.1 Å². The Morgan fingerprint density at radius 1 is 1.19 bits per heavy atom. The summed E-state index contributed by atoms with van der Waals surface area (Å²) in [5.74, 6) is 0.326. The number of alkyl halides is 3. The Morgan fingerprint density at radius 2 is 1.94 bits per heavy atom. The standard InChI is InChI=1S/C23H21F3N2O3/c1-31-21-12-19(14-4-7-16(8-5-14)23(24,25)26)27-20-11-15(6-9-18(20)21)22(30)28-10-2-3-17(28)13-29/h4-9,11-12,17,29H,2-3,10,13H2,1H3/t17-/m1/s1. The van der Waals surface area contributed by atoms with E-state index in [-0.39, 0.29) is 18.6 Å². The molecule has 1 saturated heterocycles. The summed E-state index contributed by atoms with van der Waals surface area (Å²) in [4.78, 5) is 19.2. The Balaban J connectivity index is 1.74. The molecule has 1 amide bonds. The van der Waals surface area contributed by atoms with E-state index in [0.29, 0.717) is 40.0 Å². The molecule has 1 fully saturated rings. The molecule has 2 aromatic carbocycles. The number of carbonyl (C=O) groups excluding carboxylic acids is 1. The van der Waals surface area contributed by atoms with E-state index in [4.69, 9.17) is 4.74 Å². The van der Waals surface area contributed by atoms with Crippen LogP contribution in [0.1, 0.15) is 28.8 Å². The van der Waals surface area contributed by atoms with E-state index >= 15 is 0 Å². The number of likely N-dealkylation sites (tertiary alicyclic amines) is 1. The molecule has 1 N–H and O–H groups in total. The van der Waals surface area contributed by atoms with Crippen molar-refractivity contribution in [1.29, 1.82) is 0 Å². The van der Waals surface area contributed by atoms with Gasteiger partial charge >= 0.3 is 6.18 Å². The normalized spacial score (nSPS) is 16.7. The fourth-order valence-electron chi connectivity index (χ4n) is 3.93. The van der Waals surface area contributed by atoms with Crippen LogP contribution in [0.2, 0.25) is 0 Å². The summed E-state index contributed by atoms with van der Waals surface area (Å²) in [5.41, 5.74) is 1.15. The number of ether oxygens (including phenoxy) is 1. The minimum absolute atomic E-state index is 0.0799. The highest BCUT2D eigenvalue weighted by Gasteiger charge is 2.30. The van der Waals surface area contributed by atoms with Crippen LogP contribution in [0.15, 0.2) is 48.5 Å². The van der Waals surface area contributed by atoms with Crippen LogP contribution in [0.5, 0.6) is 5.75 Å². The number of benzene rings is 2. The molecule has 3 aromatic rings. The Labute approximate surface area is 177 Å². The van der Waals surface area contributed by atoms with E-state index in [1.807, 2.05) is 0 Å². The minimum Gasteiger partial charge on any atom is -0.496 e. The Morgan fingerprint density at radius 3 is 2.58 bits per heavy atom. The monoisotopic (exact) mass is 430 g/mol. The van der Waals surface area contributed by atoms with Crippen molar-refractivity contribution >= 4 is 16.8 Å². The lowest BCUT2D eigenvalue weighted by atomic mass is 10.0. The second-order valence-corrected chi connectivity index (χ2v) is 7.49. The molecule has 8 heteroatoms. The molecule has 1 aliphatic heterocycles. The molecule has 162 valence electrons. The van der Waals surface area contributed by atoms with E-state index in [1.54, 1.807) is 29.2 Å². The van der Waals surface area contributed by atoms with Crippen LogP contribution in [0.25, 0.3) is 22.2 Å². The van der Waals surface area contributed by atoms with Crippen molar-refractivity contribution in [3.05, 3.63) is 59.7 Å². The third-order valence-corrected chi connectivity index (χ3v) is 5.60. The van der Waals surface area contributed by atoms with Crippen LogP contribution < -0.4 is 4.74 Å². The molecular weight excluding hydrogens is 409 g/mol. The quantitative estimate of drug-likeness (QED) is 0.661. The summed E-state index contributed by atoms with van der Waals surface area (Å²) in [6, 6.07) is 11.3. The summed E-state index contributed by atoms with van der Waals surface area (Å²) in [5, 5.41) is 10.2. The first-order chi connectivity index (χ1) is 14.8. The summed E-state index contributed by atoms with van der Waals surface area (Å²) < 4.78 is 44.0. The van der Waals surface area contributed by atoms with E-state index in [2.05, 4.69) is 4.98 Å². The number of nitrogens with zero attached hydrogens (tertiary/aromatic N) is 2. The molecule has 0 bridgehead atoms. The van der Waals surface area contributed by atoms with Gasteiger partial charge in [-0.25, -0.2) is 4.98 Å². The first-order valence-electron chi connectivity index (χ1n) is 9.90. The molecule has 5 nitrogen and oxygen atoms in total. The van der Waals surface area contributed by atoms with Crippen LogP contribution in [0.4, 0.5) is 13.2 Å². The van der Waals surface area contributed by atoms with Crippen LogP contribution in [0.3, 0.4) is 0 Å². The Bertz CT molecular complexity index is 1110. The smallest absolute Gasteiger partial charge is 0.416 e. The van der Waals surface area contributed by atoms with Gasteiger partial charge in [-0.2, -0.15) is 13.2 Å². The Hall–Kier alpha value is -3.13. The Kier molecular flexibility index (Phi) is 5.58. The highest BCUT2D eigenvalue weighted by atomic mass is 19.4. The lowest BCUT2D eigenvalue weighted by Crippen LogP contribution is -2.37. The molecule has 1 aliphatic rings. The molecule has 2 heterocycles. The maximum absolute atomic E-state index is 13.0. The molecule has 1 aromatic heterocycles. The number of aliphatic hydroxyl groups is 1. The van der Waals surface area contributed by atoms with Crippen molar-refractivity contribution in [3.8, 4) is 17.0 Å². The molecule has 4 rings (SSSR count). The van der Waals surface area contributed by atoms with Crippen molar-refractivity contribution in [2.45, 2.75) is 25.1 Å². The summed E-state index contributed by atoms with van der Waals surface area (Å²) in [6.07, 6.45) is -2.81. The number of carbonyl (C=O) groups is 1.